The number of ether oxygens (including phenoxy) is 20. The molecule has 0 bridgehead atoms. The summed E-state index contributed by atoms with van der Waals surface area (Å²) in [6.45, 7) is 0. The van der Waals surface area contributed by atoms with Crippen LogP contribution in [0.25, 0.3) is 0 Å². The number of fused-ring (bicyclic) bond motifs is 6. The van der Waals surface area contributed by atoms with E-state index in [9.17, 15) is 59.4 Å². The van der Waals surface area contributed by atoms with Crippen molar-refractivity contribution in [2.24, 2.45) is 0 Å². The van der Waals surface area contributed by atoms with Gasteiger partial charge in [0.25, 0.3) is 0 Å². The highest BCUT2D eigenvalue weighted by molar-refractivity contribution is 5.84. The molecule has 0 aromatic heterocycles. The number of phenolic OH excluding ortho intramolecular Hbond substituents is 6. The number of carbonyl (C=O) groups excluding carboxylic acids is 6. The third kappa shape index (κ3) is 21.9. The molecule has 32 nitrogen and oxygen atoms in total. The van der Waals surface area contributed by atoms with Crippen molar-refractivity contribution in [3.05, 3.63) is 273 Å². The van der Waals surface area contributed by atoms with E-state index in [0.717, 1.165) is 66.8 Å². The highest BCUT2D eigenvalue weighted by Gasteiger charge is 2.39. The number of hydrogen-bond acceptors (Lipinski definition) is 32. The fourth-order valence-corrected chi connectivity index (χ4v) is 16.7. The third-order valence-corrected chi connectivity index (χ3v) is 23.3. The molecule has 18 rings (SSSR count). The molecule has 12 aromatic rings. The molecule has 0 fully saturated rings. The van der Waals surface area contributed by atoms with Crippen molar-refractivity contribution in [3.63, 3.8) is 0 Å². The Morgan fingerprint density at radius 1 is 0.199 bits per heavy atom. The quantitative estimate of drug-likeness (QED) is 0.0305. The van der Waals surface area contributed by atoms with Crippen LogP contribution in [0.1, 0.15) is 141 Å². The lowest BCUT2D eigenvalue weighted by molar-refractivity contribution is -0.136. The molecule has 0 saturated heterocycles. The first-order valence-corrected chi connectivity index (χ1v) is 42.3. The van der Waals surface area contributed by atoms with E-state index in [1.165, 1.54) is 42.7 Å². The van der Waals surface area contributed by atoms with Gasteiger partial charge in [-0.25, -0.2) is 0 Å². The monoisotopic (exact) mass is 1860 g/mol. The van der Waals surface area contributed by atoms with Crippen molar-refractivity contribution >= 4 is 35.8 Å². The average molecular weight is 1860 g/mol. The summed E-state index contributed by atoms with van der Waals surface area (Å²) < 4.78 is 105. The van der Waals surface area contributed by atoms with E-state index in [-0.39, 0.29) is 144 Å². The van der Waals surface area contributed by atoms with Gasteiger partial charge in [-0.1, -0.05) is 60.7 Å². The molecule has 32 heteroatoms. The summed E-state index contributed by atoms with van der Waals surface area (Å²) >= 11 is 0. The second-order valence-corrected chi connectivity index (χ2v) is 31.1. The number of phenols is 6. The molecule has 6 aliphatic rings. The van der Waals surface area contributed by atoms with Gasteiger partial charge in [-0.2, -0.15) is 0 Å². The van der Waals surface area contributed by atoms with Gasteiger partial charge in [0.1, 0.15) is 103 Å². The topological polar surface area (TPSA) is 408 Å². The minimum atomic E-state index is -0.349. The summed E-state index contributed by atoms with van der Waals surface area (Å²) in [5.74, 6) is 7.37. The van der Waals surface area contributed by atoms with Crippen molar-refractivity contribution < 1.29 is 154 Å². The van der Waals surface area contributed by atoms with Crippen LogP contribution in [0.3, 0.4) is 0 Å². The van der Waals surface area contributed by atoms with E-state index in [1.54, 1.807) is 215 Å². The maximum absolute atomic E-state index is 12.0. The second kappa shape index (κ2) is 43.7. The van der Waals surface area contributed by atoms with E-state index < -0.39 is 0 Å². The van der Waals surface area contributed by atoms with Gasteiger partial charge in [-0.05, 0) is 118 Å². The number of methoxy groups -OCH3 is 14. The lowest BCUT2D eigenvalue weighted by Crippen LogP contribution is -2.21. The Bertz CT molecular complexity index is 6020. The smallest absolute Gasteiger partial charge is 0.312 e. The van der Waals surface area contributed by atoms with Crippen molar-refractivity contribution in [1.82, 2.24) is 0 Å². The van der Waals surface area contributed by atoms with Crippen LogP contribution in [0.5, 0.6) is 149 Å². The molecule has 6 aliphatic heterocycles. The van der Waals surface area contributed by atoms with Gasteiger partial charge in [0.15, 0.2) is 46.0 Å². The Hall–Kier alpha value is -16.5. The zero-order chi connectivity index (χ0) is 97.3. The largest absolute Gasteiger partial charge is 0.508 e. The van der Waals surface area contributed by atoms with Crippen LogP contribution in [0.2, 0.25) is 0 Å². The number of esters is 6. The van der Waals surface area contributed by atoms with Gasteiger partial charge in [-0.3, -0.25) is 28.8 Å². The predicted molar refractivity (Wildman–Crippen MR) is 492 cm³/mol. The highest BCUT2D eigenvalue weighted by Crippen LogP contribution is 2.54. The van der Waals surface area contributed by atoms with Crippen LogP contribution in [-0.2, 0) is 28.8 Å². The van der Waals surface area contributed by atoms with E-state index in [4.69, 9.17) is 94.7 Å². The molecule has 136 heavy (non-hydrogen) atoms. The number of benzene rings is 12. The Morgan fingerprint density at radius 2 is 0.397 bits per heavy atom. The summed E-state index contributed by atoms with van der Waals surface area (Å²) in [5, 5.41) is 58.9. The fraction of sp³-hybridized carbons (Fsp3) is 0.250. The molecule has 6 atom stereocenters. The van der Waals surface area contributed by atoms with E-state index in [0.29, 0.717) is 115 Å². The zero-order valence-corrected chi connectivity index (χ0v) is 76.6. The Morgan fingerprint density at radius 3 is 0.618 bits per heavy atom. The number of carbonyl (C=O) groups is 6. The van der Waals surface area contributed by atoms with Crippen molar-refractivity contribution in [2.45, 2.75) is 74.0 Å². The van der Waals surface area contributed by atoms with E-state index >= 15 is 0 Å². The fourth-order valence-electron chi connectivity index (χ4n) is 16.7. The molecule has 12 aromatic carbocycles. The van der Waals surface area contributed by atoms with Gasteiger partial charge in [-0.15, -0.1) is 0 Å². The van der Waals surface area contributed by atoms with Crippen molar-refractivity contribution in [3.8, 4) is 149 Å². The second-order valence-electron chi connectivity index (χ2n) is 31.1. The normalized spacial score (nSPS) is 16.5. The molecule has 708 valence electrons. The first-order valence-electron chi connectivity index (χ1n) is 42.3. The molecule has 0 amide bonds. The maximum atomic E-state index is 12.0. The molecule has 0 spiro atoms. The minimum Gasteiger partial charge on any atom is -0.508 e. The first kappa shape index (κ1) is 97.0. The Kier molecular flexibility index (Phi) is 31.1. The van der Waals surface area contributed by atoms with E-state index in [1.807, 2.05) is 48.5 Å². The minimum absolute atomic E-state index is 0.0166. The predicted octanol–water partition coefficient (Wildman–Crippen LogP) is 17.1. The summed E-state index contributed by atoms with van der Waals surface area (Å²) in [7, 11) is 21.5. The first-order chi connectivity index (χ1) is 65.6. The third-order valence-electron chi connectivity index (χ3n) is 23.3. The molecule has 0 aliphatic carbocycles. The number of rotatable bonds is 20. The Labute approximate surface area is 782 Å². The van der Waals surface area contributed by atoms with Crippen LogP contribution in [0, 0.1) is 0 Å². The molecule has 6 heterocycles. The SMILES string of the molecule is COc1cc(OC)c2c(c1)OC(=O)C[C@@H]2c1ccc(O)cc1.COc1cc(OC)c2c(c1)OC(=O)C[C@@H]2c1ccc(OC)c(O)c1.COc1cc(OC)c2c(c1)OC(=O)C[C@H]2c1ccc(O)cc1.COc1cc(OC)c2c(c1)OC(=O)C[C@H]2c1ccc(OC)c(O)c1.COc1ccc2c(c1)OC(=O)C[C@@H]2c1ccc(OC)c(O)c1.COc1ccc2c(c1)OC(=O)C[C@H]2c1ccc(OC)c(O)c1. The lowest BCUT2D eigenvalue weighted by atomic mass is 9.85. The molecule has 0 unspecified atom stereocenters. The molecule has 6 N–H and O–H groups in total. The standard InChI is InChI=1S/2C18H18O6.4C17H16O5/c2*1-21-11-7-15(23-3)18-12(9-17(20)24-16(18)8-11)10-4-5-14(22-2)13(19)6-10;2*1-20-11-4-5-12-13(9-17(19)22-16(12)8-11)10-3-6-15(21-2)14(18)7-10;2*1-20-12-7-14(21-2)17-13(9-16(19)22-15(17)8-12)10-3-5-11(18)6-4-10/h2*4-8,12,19H,9H2,1-3H3;4*3-8,13,18H,9H2,1-2H3/t2*12-;4*13-/m101010/s1. The van der Waals surface area contributed by atoms with Crippen molar-refractivity contribution in [1.29, 1.82) is 0 Å². The van der Waals surface area contributed by atoms with Crippen LogP contribution >= 0.6 is 0 Å². The van der Waals surface area contributed by atoms with Crippen LogP contribution in [-0.4, -0.2) is 166 Å². The zero-order valence-electron chi connectivity index (χ0n) is 76.6. The van der Waals surface area contributed by atoms with Crippen LogP contribution < -0.4 is 94.7 Å². The molecular formula is C104H100O32. The molecule has 0 saturated carbocycles. The molecule has 0 radical (unpaired) electrons. The number of aromatic hydroxyl groups is 6. The molecular weight excluding hydrogens is 1760 g/mol. The van der Waals surface area contributed by atoms with Gasteiger partial charge in [0.2, 0.25) is 0 Å². The summed E-state index contributed by atoms with van der Waals surface area (Å²) in [5.41, 5.74) is 9.97. The summed E-state index contributed by atoms with van der Waals surface area (Å²) in [6.07, 6.45) is 1.21. The summed E-state index contributed by atoms with van der Waals surface area (Å²) in [6, 6.07) is 58.6. The summed E-state index contributed by atoms with van der Waals surface area (Å²) in [4.78, 5) is 71.6. The van der Waals surface area contributed by atoms with Gasteiger partial charge >= 0.3 is 35.8 Å². The van der Waals surface area contributed by atoms with Gasteiger partial charge in [0, 0.05) is 130 Å². The number of hydrogen-bond donors (Lipinski definition) is 6. The highest BCUT2D eigenvalue weighted by atomic mass is 16.6. The van der Waals surface area contributed by atoms with Gasteiger partial charge < -0.3 is 125 Å². The Balaban J connectivity index is 0.000000138. The average Bonchev–Trinajstić information content (AvgIpc) is 0.771. The van der Waals surface area contributed by atoms with Crippen LogP contribution in [0.15, 0.2) is 206 Å². The van der Waals surface area contributed by atoms with Crippen LogP contribution in [0.4, 0.5) is 0 Å². The van der Waals surface area contributed by atoms with E-state index in [2.05, 4.69) is 0 Å². The van der Waals surface area contributed by atoms with Crippen molar-refractivity contribution in [2.75, 3.05) is 99.5 Å². The maximum Gasteiger partial charge on any atom is 0.312 e. The lowest BCUT2D eigenvalue weighted by Gasteiger charge is -2.27. The van der Waals surface area contributed by atoms with Gasteiger partial charge in [0.05, 0.1) is 138 Å².